The Balaban J connectivity index is 0.00000645. The van der Waals surface area contributed by atoms with E-state index in [1.54, 1.807) is 24.3 Å². The number of rotatable bonds is 13. The maximum atomic E-state index is 13.7. The monoisotopic (exact) mass is 651 g/mol. The molecule has 0 radical (unpaired) electrons. The minimum Gasteiger partial charge on any atom is -0.745 e. The molecular weight excluding hydrogens is 613 g/mol. The van der Waals surface area contributed by atoms with Crippen LogP contribution in [0, 0.1) is 17.8 Å². The van der Waals surface area contributed by atoms with Crippen LogP contribution >= 0.6 is 11.6 Å². The van der Waals surface area contributed by atoms with Crippen LogP contribution in [0.25, 0.3) is 0 Å². The van der Waals surface area contributed by atoms with Gasteiger partial charge in [0.15, 0.2) is 0 Å². The predicted octanol–water partition coefficient (Wildman–Crippen LogP) is -0.00930. The van der Waals surface area contributed by atoms with Crippen molar-refractivity contribution in [1.82, 2.24) is 16.0 Å². The first-order chi connectivity index (χ1) is 19.8. The summed E-state index contributed by atoms with van der Waals surface area (Å²) in [6.07, 6.45) is 4.15. The topological polar surface area (TPSA) is 180 Å². The van der Waals surface area contributed by atoms with E-state index in [9.17, 15) is 32.1 Å². The summed E-state index contributed by atoms with van der Waals surface area (Å²) >= 11 is 5.99. The molecule has 0 bridgehead atoms. The summed E-state index contributed by atoms with van der Waals surface area (Å²) in [5.41, 5.74) is -1.63. The van der Waals surface area contributed by atoms with E-state index in [0.717, 1.165) is 32.1 Å². The van der Waals surface area contributed by atoms with Crippen molar-refractivity contribution in [2.75, 3.05) is 6.54 Å². The van der Waals surface area contributed by atoms with Crippen LogP contribution in [0.4, 0.5) is 4.79 Å². The third-order valence-electron chi connectivity index (χ3n) is 7.51. The van der Waals surface area contributed by atoms with Crippen molar-refractivity contribution in [3.05, 3.63) is 34.9 Å². The number of nitrogens with one attached hydrogen (secondary N) is 3. The van der Waals surface area contributed by atoms with Crippen LogP contribution in [0.1, 0.15) is 70.8 Å². The van der Waals surface area contributed by atoms with Gasteiger partial charge in [-0.15, -0.1) is 0 Å². The zero-order valence-corrected chi connectivity index (χ0v) is 28.4. The average molecular weight is 652 g/mol. The summed E-state index contributed by atoms with van der Waals surface area (Å²) < 4.78 is 47.3. The van der Waals surface area contributed by atoms with E-state index >= 15 is 0 Å². The van der Waals surface area contributed by atoms with Crippen molar-refractivity contribution >= 4 is 45.6 Å². The van der Waals surface area contributed by atoms with E-state index < -0.39 is 57.4 Å². The molecule has 234 valence electrons. The van der Waals surface area contributed by atoms with Crippen molar-refractivity contribution in [1.29, 1.82) is 0 Å². The molecule has 1 aromatic rings. The van der Waals surface area contributed by atoms with Crippen molar-refractivity contribution in [2.45, 2.75) is 89.3 Å². The van der Waals surface area contributed by atoms with Crippen molar-refractivity contribution in [2.24, 2.45) is 17.8 Å². The molecule has 12 nitrogen and oxygen atoms in total. The van der Waals surface area contributed by atoms with Gasteiger partial charge in [-0.2, -0.15) is 0 Å². The number of benzene rings is 1. The van der Waals surface area contributed by atoms with Gasteiger partial charge in [-0.05, 0) is 42.9 Å². The van der Waals surface area contributed by atoms with Crippen molar-refractivity contribution < 1.29 is 71.2 Å². The molecule has 1 saturated carbocycles. The van der Waals surface area contributed by atoms with Crippen LogP contribution in [0.5, 0.6) is 0 Å². The van der Waals surface area contributed by atoms with Crippen LogP contribution in [0.3, 0.4) is 0 Å². The Morgan fingerprint density at radius 2 is 1.79 bits per heavy atom. The summed E-state index contributed by atoms with van der Waals surface area (Å²) in [6, 6.07) is 4.06. The third kappa shape index (κ3) is 12.2. The van der Waals surface area contributed by atoms with E-state index in [-0.39, 0.29) is 60.8 Å². The molecule has 1 aliphatic heterocycles. The number of amides is 3. The molecule has 1 unspecified atom stereocenters. The summed E-state index contributed by atoms with van der Waals surface area (Å²) in [5.74, 6) is -3.46. The quantitative estimate of drug-likeness (QED) is 0.150. The molecule has 43 heavy (non-hydrogen) atoms. The molecule has 15 heteroatoms. The fourth-order valence-corrected chi connectivity index (χ4v) is 6.24. The minimum absolute atomic E-state index is 0. The van der Waals surface area contributed by atoms with Gasteiger partial charge < -0.3 is 30.0 Å². The number of carbonyl (C=O) groups excluding carboxylic acids is 4. The summed E-state index contributed by atoms with van der Waals surface area (Å²) in [4.78, 5) is 51.1. The van der Waals surface area contributed by atoms with Gasteiger partial charge in [-0.3, -0.25) is 14.4 Å². The molecule has 1 saturated heterocycles. The Hall–Kier alpha value is -1.90. The number of hydrogen-bond donors (Lipinski definition) is 3. The van der Waals surface area contributed by atoms with Crippen LogP contribution in [0.15, 0.2) is 24.3 Å². The van der Waals surface area contributed by atoms with Gasteiger partial charge >= 0.3 is 41.6 Å². The van der Waals surface area contributed by atoms with Gasteiger partial charge in [0.2, 0.25) is 17.3 Å². The van der Waals surface area contributed by atoms with Crippen LogP contribution in [-0.2, 0) is 40.6 Å². The number of alkyl carbamates (subject to hydrolysis) is 1. The fourth-order valence-electron chi connectivity index (χ4n) is 5.24. The van der Waals surface area contributed by atoms with Gasteiger partial charge in [0.25, 0.3) is 0 Å². The molecule has 2 aliphatic rings. The molecule has 1 aliphatic carbocycles. The summed E-state index contributed by atoms with van der Waals surface area (Å²) in [5, 5.41) is 8.20. The Kier molecular flexibility index (Phi) is 15.2. The molecule has 3 N–H and O–H groups in total. The first-order valence-corrected chi connectivity index (χ1v) is 16.1. The molecule has 1 aromatic carbocycles. The van der Waals surface area contributed by atoms with Gasteiger partial charge in [0.05, 0.1) is 12.0 Å². The summed E-state index contributed by atoms with van der Waals surface area (Å²) in [6.45, 7) is 3.17. The normalized spacial score (nSPS) is 19.4. The zero-order chi connectivity index (χ0) is 30.9. The SMILES string of the molecule is CC(C)C(=O)OC([C@H](C[C@@H]1CCNC1=O)NC(=O)[C@H](CC1CCCCC1)NC(=O)OCc1cccc(Cl)c1)S(=O)(=O)[O-].[Na+]. The Labute approximate surface area is 279 Å². The number of esters is 1. The van der Waals surface area contributed by atoms with Gasteiger partial charge in [0, 0.05) is 17.5 Å². The molecule has 3 amide bonds. The second-order valence-corrected chi connectivity index (χ2v) is 13.1. The van der Waals surface area contributed by atoms with Crippen molar-refractivity contribution in [3.63, 3.8) is 0 Å². The van der Waals surface area contributed by atoms with E-state index in [1.165, 1.54) is 13.8 Å². The molecule has 2 fully saturated rings. The maximum Gasteiger partial charge on any atom is 1.00 e. The number of ether oxygens (including phenoxy) is 2. The minimum atomic E-state index is -5.28. The maximum absolute atomic E-state index is 13.7. The molecule has 0 aromatic heterocycles. The van der Waals surface area contributed by atoms with E-state index in [0.29, 0.717) is 23.6 Å². The van der Waals surface area contributed by atoms with Gasteiger partial charge in [0.1, 0.15) is 22.8 Å². The first-order valence-electron chi connectivity index (χ1n) is 14.2. The fraction of sp³-hybridized carbons (Fsp3) is 0.643. The Morgan fingerprint density at radius 1 is 1.09 bits per heavy atom. The third-order valence-corrected chi connectivity index (χ3v) is 8.74. The number of halogens is 1. The number of carbonyl (C=O) groups is 4. The summed E-state index contributed by atoms with van der Waals surface area (Å²) in [7, 11) is -5.28. The van der Waals surface area contributed by atoms with E-state index in [4.69, 9.17) is 21.1 Å². The molecule has 1 heterocycles. The van der Waals surface area contributed by atoms with Crippen LogP contribution in [-0.4, -0.2) is 60.9 Å². The van der Waals surface area contributed by atoms with E-state index in [1.807, 2.05) is 0 Å². The molecule has 3 rings (SSSR count). The largest absolute Gasteiger partial charge is 1.00 e. The first kappa shape index (κ1) is 37.3. The standard InChI is InChI=1S/C28H40ClN3O9S.Na/c1-17(2)26(35)41-27(42(37,38)39)23(15-20-11-12-30-24(20)33)31-25(34)22(14-18-7-4-3-5-8-18)32-28(36)40-16-19-9-6-10-21(29)13-19;/h6,9-10,13,17-18,20,22-23,27H,3-5,7-8,11-12,14-16H2,1-2H3,(H,30,33)(H,31,34)(H,32,36)(H,37,38,39);/q;+1/p-1/t20-,22-,23-,27?;/m0./s1. The molecular formula is C28H39ClN3NaO9S. The second-order valence-electron chi connectivity index (χ2n) is 11.2. The predicted molar refractivity (Wildman–Crippen MR) is 152 cm³/mol. The molecule has 4 atom stereocenters. The van der Waals surface area contributed by atoms with Gasteiger partial charge in [-0.25, -0.2) is 13.2 Å². The second kappa shape index (κ2) is 17.6. The Bertz CT molecular complexity index is 1230. The number of hydrogen-bond acceptors (Lipinski definition) is 9. The molecule has 0 spiro atoms. The van der Waals surface area contributed by atoms with E-state index in [2.05, 4.69) is 16.0 Å². The van der Waals surface area contributed by atoms with Gasteiger partial charge in [-0.1, -0.05) is 69.7 Å². The van der Waals surface area contributed by atoms with Crippen molar-refractivity contribution in [3.8, 4) is 0 Å². The Morgan fingerprint density at radius 3 is 2.37 bits per heavy atom. The smallest absolute Gasteiger partial charge is 0.745 e. The average Bonchev–Trinajstić information content (AvgIpc) is 3.33. The van der Waals surface area contributed by atoms with Crippen LogP contribution < -0.4 is 45.5 Å². The zero-order valence-electron chi connectivity index (χ0n) is 24.8. The van der Waals surface area contributed by atoms with Crippen LogP contribution in [0.2, 0.25) is 5.02 Å².